The van der Waals surface area contributed by atoms with E-state index >= 15 is 0 Å². The molecule has 0 saturated heterocycles. The molecule has 172 valence electrons. The van der Waals surface area contributed by atoms with E-state index in [1.54, 1.807) is 13.8 Å². The zero-order valence-corrected chi connectivity index (χ0v) is 18.9. The van der Waals surface area contributed by atoms with E-state index in [9.17, 15) is 14.4 Å². The Balaban J connectivity index is 2.23. The molecule has 0 aromatic heterocycles. The molecule has 0 fully saturated rings. The van der Waals surface area contributed by atoms with Crippen molar-refractivity contribution in [3.8, 4) is 0 Å². The van der Waals surface area contributed by atoms with Crippen LogP contribution >= 0.6 is 0 Å². The molecule has 7 nitrogen and oxygen atoms in total. The number of esters is 3. The van der Waals surface area contributed by atoms with Gasteiger partial charge in [0.1, 0.15) is 6.61 Å². The molecular formula is C24H35NO6. The topological polar surface area (TPSA) is 105 Å². The number of hydrogen-bond acceptors (Lipinski definition) is 7. The van der Waals surface area contributed by atoms with Gasteiger partial charge in [0.05, 0.1) is 19.6 Å². The highest BCUT2D eigenvalue weighted by molar-refractivity contribution is 6.04. The Hall–Kier alpha value is -2.41. The molecule has 2 N–H and O–H groups in total. The highest BCUT2D eigenvalue weighted by Gasteiger charge is 2.53. The third-order valence-electron chi connectivity index (χ3n) is 5.77. The lowest BCUT2D eigenvalue weighted by Gasteiger charge is -2.32. The Morgan fingerprint density at radius 3 is 2.26 bits per heavy atom. The van der Waals surface area contributed by atoms with Crippen LogP contribution < -0.4 is 5.73 Å². The first-order valence-corrected chi connectivity index (χ1v) is 11.2. The predicted octanol–water partition coefficient (Wildman–Crippen LogP) is 3.53. The average Bonchev–Trinajstić information content (AvgIpc) is 2.76. The van der Waals surface area contributed by atoms with E-state index in [4.69, 9.17) is 19.9 Å². The standard InChI is InChI=1S/C24H35NO6/c1-4-18-14-17(12-13-20(18)25)15-21(26)31-16-24(22(27)29-5-2,23(28)30-6-3)19-10-8-7-9-11-19/h10,12,14,20H,4-9,11,13,15-16,25H2,1-3H3. The Morgan fingerprint density at radius 2 is 1.71 bits per heavy atom. The summed E-state index contributed by atoms with van der Waals surface area (Å²) in [4.78, 5) is 38.7. The van der Waals surface area contributed by atoms with Crippen LogP contribution in [0.25, 0.3) is 0 Å². The normalized spacial score (nSPS) is 19.0. The van der Waals surface area contributed by atoms with Gasteiger partial charge in [-0.1, -0.05) is 30.7 Å². The summed E-state index contributed by atoms with van der Waals surface area (Å²) < 4.78 is 16.0. The van der Waals surface area contributed by atoms with E-state index in [0.717, 1.165) is 36.8 Å². The van der Waals surface area contributed by atoms with Crippen LogP contribution in [0, 0.1) is 5.41 Å². The first-order valence-electron chi connectivity index (χ1n) is 11.2. The molecule has 0 spiro atoms. The Kier molecular flexibility index (Phi) is 9.49. The minimum absolute atomic E-state index is 0.0247. The smallest absolute Gasteiger partial charge is 0.331 e. The molecule has 2 rings (SSSR count). The highest BCUT2D eigenvalue weighted by Crippen LogP contribution is 2.38. The van der Waals surface area contributed by atoms with Crippen LogP contribution in [0.2, 0.25) is 0 Å². The van der Waals surface area contributed by atoms with Gasteiger partial charge in [-0.2, -0.15) is 0 Å². The fourth-order valence-electron chi connectivity index (χ4n) is 4.02. The van der Waals surface area contributed by atoms with Crippen LogP contribution in [0.4, 0.5) is 0 Å². The van der Waals surface area contributed by atoms with Gasteiger partial charge in [-0.05, 0) is 63.5 Å². The molecule has 31 heavy (non-hydrogen) atoms. The molecule has 0 aromatic rings. The molecule has 0 aliphatic heterocycles. The van der Waals surface area contributed by atoms with E-state index in [1.807, 2.05) is 25.2 Å². The van der Waals surface area contributed by atoms with E-state index < -0.39 is 29.9 Å². The maximum atomic E-state index is 13.0. The number of carbonyl (C=O) groups excluding carboxylic acids is 3. The molecule has 1 unspecified atom stereocenters. The van der Waals surface area contributed by atoms with Crippen LogP contribution in [0.15, 0.2) is 34.9 Å². The summed E-state index contributed by atoms with van der Waals surface area (Å²) >= 11 is 0. The maximum Gasteiger partial charge on any atom is 0.331 e. The first kappa shape index (κ1) is 24.9. The Bertz CT molecular complexity index is 746. The van der Waals surface area contributed by atoms with Crippen molar-refractivity contribution in [1.82, 2.24) is 0 Å². The van der Waals surface area contributed by atoms with Crippen LogP contribution in [0.3, 0.4) is 0 Å². The number of rotatable bonds is 10. The van der Waals surface area contributed by atoms with Gasteiger partial charge >= 0.3 is 17.9 Å². The summed E-state index contributed by atoms with van der Waals surface area (Å²) in [6, 6.07) is -0.0247. The van der Waals surface area contributed by atoms with Gasteiger partial charge in [0.25, 0.3) is 0 Å². The minimum Gasteiger partial charge on any atom is -0.465 e. The lowest BCUT2D eigenvalue weighted by Crippen LogP contribution is -2.48. The maximum absolute atomic E-state index is 13.0. The number of hydrogen-bond donors (Lipinski definition) is 1. The third-order valence-corrected chi connectivity index (χ3v) is 5.77. The molecule has 1 atom stereocenters. The molecular weight excluding hydrogens is 398 g/mol. The summed E-state index contributed by atoms with van der Waals surface area (Å²) in [5.74, 6) is -1.97. The molecule has 7 heteroatoms. The van der Waals surface area contributed by atoms with Gasteiger partial charge in [0, 0.05) is 6.04 Å². The fraction of sp³-hybridized carbons (Fsp3) is 0.625. The monoisotopic (exact) mass is 433 g/mol. The molecule has 2 aliphatic carbocycles. The molecule has 0 saturated carbocycles. The van der Waals surface area contributed by atoms with Crippen molar-refractivity contribution in [1.29, 1.82) is 0 Å². The SMILES string of the molecule is CCOC(=O)C(COC(=O)CC1=CCC(N)C(CC)=C1)(C(=O)OCC)C1=CCCCC1. The number of ether oxygens (including phenoxy) is 3. The molecule has 0 amide bonds. The number of nitrogens with two attached hydrogens (primary N) is 1. The van der Waals surface area contributed by atoms with E-state index in [0.29, 0.717) is 18.4 Å². The zero-order chi connectivity index (χ0) is 22.9. The van der Waals surface area contributed by atoms with Crippen molar-refractivity contribution in [3.63, 3.8) is 0 Å². The van der Waals surface area contributed by atoms with Gasteiger partial charge in [0.2, 0.25) is 5.41 Å². The van der Waals surface area contributed by atoms with Crippen molar-refractivity contribution in [2.75, 3.05) is 19.8 Å². The summed E-state index contributed by atoms with van der Waals surface area (Å²) in [7, 11) is 0. The summed E-state index contributed by atoms with van der Waals surface area (Å²) in [5.41, 5.74) is 6.84. The number of carbonyl (C=O) groups is 3. The van der Waals surface area contributed by atoms with Crippen LogP contribution in [0.1, 0.15) is 65.7 Å². The fourth-order valence-corrected chi connectivity index (χ4v) is 4.02. The molecule has 2 aliphatic rings. The highest BCUT2D eigenvalue weighted by atomic mass is 16.6. The summed E-state index contributed by atoms with van der Waals surface area (Å²) in [5, 5.41) is 0. The van der Waals surface area contributed by atoms with Crippen LogP contribution in [-0.2, 0) is 28.6 Å². The van der Waals surface area contributed by atoms with Gasteiger partial charge < -0.3 is 19.9 Å². The van der Waals surface area contributed by atoms with Crippen LogP contribution in [-0.4, -0.2) is 43.8 Å². The van der Waals surface area contributed by atoms with Crippen molar-refractivity contribution in [3.05, 3.63) is 34.9 Å². The largest absolute Gasteiger partial charge is 0.465 e. The van der Waals surface area contributed by atoms with Gasteiger partial charge in [0.15, 0.2) is 0 Å². The quantitative estimate of drug-likeness (QED) is 0.243. The summed E-state index contributed by atoms with van der Waals surface area (Å²) in [6.45, 7) is 5.17. The number of allylic oxidation sites excluding steroid dienone is 2. The first-order chi connectivity index (χ1) is 14.9. The van der Waals surface area contributed by atoms with E-state index in [2.05, 4.69) is 0 Å². The zero-order valence-electron chi connectivity index (χ0n) is 18.9. The van der Waals surface area contributed by atoms with Gasteiger partial charge in [-0.25, -0.2) is 0 Å². The molecule has 0 radical (unpaired) electrons. The minimum atomic E-state index is -1.75. The third kappa shape index (κ3) is 6.06. The predicted molar refractivity (Wildman–Crippen MR) is 117 cm³/mol. The van der Waals surface area contributed by atoms with E-state index in [-0.39, 0.29) is 25.7 Å². The summed E-state index contributed by atoms with van der Waals surface area (Å²) in [6.07, 6.45) is 10.4. The lowest BCUT2D eigenvalue weighted by atomic mass is 9.75. The Labute approximate surface area is 184 Å². The second-order valence-corrected chi connectivity index (χ2v) is 7.85. The van der Waals surface area contributed by atoms with Crippen LogP contribution in [0.5, 0.6) is 0 Å². The molecule has 0 aromatic carbocycles. The lowest BCUT2D eigenvalue weighted by molar-refractivity contribution is -0.175. The second-order valence-electron chi connectivity index (χ2n) is 7.85. The van der Waals surface area contributed by atoms with Gasteiger partial charge in [-0.15, -0.1) is 0 Å². The van der Waals surface area contributed by atoms with Crippen molar-refractivity contribution >= 4 is 17.9 Å². The Morgan fingerprint density at radius 1 is 1.03 bits per heavy atom. The molecule has 0 bridgehead atoms. The molecule has 0 heterocycles. The average molecular weight is 434 g/mol. The second kappa shape index (κ2) is 11.8. The van der Waals surface area contributed by atoms with Crippen molar-refractivity contribution < 1.29 is 28.6 Å². The van der Waals surface area contributed by atoms with Crippen molar-refractivity contribution in [2.45, 2.75) is 71.8 Å². The van der Waals surface area contributed by atoms with Gasteiger partial charge in [-0.3, -0.25) is 14.4 Å². The van der Waals surface area contributed by atoms with E-state index in [1.165, 1.54) is 0 Å². The van der Waals surface area contributed by atoms with Crippen molar-refractivity contribution in [2.24, 2.45) is 11.1 Å².